The van der Waals surface area contributed by atoms with Crippen molar-refractivity contribution in [2.45, 2.75) is 39.3 Å². The van der Waals surface area contributed by atoms with Crippen LogP contribution in [0.2, 0.25) is 0 Å². The first kappa shape index (κ1) is 18.7. The summed E-state index contributed by atoms with van der Waals surface area (Å²) in [6, 6.07) is 7.90. The van der Waals surface area contributed by atoms with Crippen LogP contribution >= 0.6 is 0 Å². The van der Waals surface area contributed by atoms with Crippen molar-refractivity contribution in [2.75, 3.05) is 26.2 Å². The lowest BCUT2D eigenvalue weighted by Crippen LogP contribution is -2.56. The maximum atomic E-state index is 13.0. The van der Waals surface area contributed by atoms with Gasteiger partial charge in [-0.25, -0.2) is 0 Å². The molecule has 1 aromatic carbocycles. The van der Waals surface area contributed by atoms with Crippen LogP contribution in [-0.4, -0.2) is 58.8 Å². The van der Waals surface area contributed by atoms with E-state index in [1.165, 1.54) is 16.5 Å². The summed E-state index contributed by atoms with van der Waals surface area (Å²) in [6.07, 6.45) is 3.20. The summed E-state index contributed by atoms with van der Waals surface area (Å²) in [4.78, 5) is 32.9. The van der Waals surface area contributed by atoms with Gasteiger partial charge in [-0.2, -0.15) is 0 Å². The number of nitrogens with one attached hydrogen (secondary N) is 2. The van der Waals surface area contributed by atoms with E-state index >= 15 is 0 Å². The van der Waals surface area contributed by atoms with E-state index in [1.54, 1.807) is 0 Å². The number of aromatic amines is 1. The number of hydrogen-bond acceptors (Lipinski definition) is 3. The van der Waals surface area contributed by atoms with Gasteiger partial charge in [0.15, 0.2) is 0 Å². The highest BCUT2D eigenvalue weighted by Gasteiger charge is 2.33. The van der Waals surface area contributed by atoms with Gasteiger partial charge >= 0.3 is 0 Å². The second-order valence-electron chi connectivity index (χ2n) is 7.98. The normalized spacial score (nSPS) is 20.0. The zero-order chi connectivity index (χ0) is 19.7. The zero-order valence-electron chi connectivity index (χ0n) is 16.6. The topological polar surface area (TPSA) is 68.4 Å². The largest absolute Gasteiger partial charge is 0.357 e. The third-order valence-electron chi connectivity index (χ3n) is 5.78. The Kier molecular flexibility index (Phi) is 5.22. The minimum atomic E-state index is -0.388. The summed E-state index contributed by atoms with van der Waals surface area (Å²) >= 11 is 0. The Morgan fingerprint density at radius 3 is 2.89 bits per heavy atom. The van der Waals surface area contributed by atoms with E-state index in [9.17, 15) is 9.59 Å². The Bertz CT molecular complexity index is 926. The second kappa shape index (κ2) is 7.80. The first-order valence-corrected chi connectivity index (χ1v) is 10.0. The highest BCUT2D eigenvalue weighted by Crippen LogP contribution is 2.28. The van der Waals surface area contributed by atoms with Crippen molar-refractivity contribution in [3.63, 3.8) is 0 Å². The Morgan fingerprint density at radius 1 is 1.25 bits per heavy atom. The summed E-state index contributed by atoms with van der Waals surface area (Å²) in [5.41, 5.74) is 4.79. The number of hydrogen-bond donors (Lipinski definition) is 2. The lowest BCUT2D eigenvalue weighted by atomic mass is 10.0. The number of amides is 2. The van der Waals surface area contributed by atoms with Gasteiger partial charge < -0.3 is 15.2 Å². The van der Waals surface area contributed by atoms with E-state index in [1.807, 2.05) is 11.0 Å². The maximum absolute atomic E-state index is 13.0. The van der Waals surface area contributed by atoms with Gasteiger partial charge in [0.05, 0.1) is 19.0 Å². The average molecular weight is 380 g/mol. The molecule has 2 amide bonds. The molecule has 28 heavy (non-hydrogen) atoms. The Balaban J connectivity index is 1.46. The Morgan fingerprint density at radius 2 is 2.07 bits per heavy atom. The predicted molar refractivity (Wildman–Crippen MR) is 110 cm³/mol. The molecule has 1 fully saturated rings. The standard InChI is InChI=1S/C22H28N4O2/c1-15(2)7-10-25-12-9-23-22(28)20(25)13-21(27)26-11-8-17-16-5-3-4-6-18(16)24-19(17)14-26/h3-7,20,24H,8-14H2,1-2H3,(H,23,28)/t20-/m0/s1. The van der Waals surface area contributed by atoms with Crippen molar-refractivity contribution in [3.05, 3.63) is 47.2 Å². The average Bonchev–Trinajstić information content (AvgIpc) is 3.06. The van der Waals surface area contributed by atoms with Gasteiger partial charge in [0, 0.05) is 42.8 Å². The number of para-hydroxylation sites is 1. The van der Waals surface area contributed by atoms with E-state index < -0.39 is 0 Å². The lowest BCUT2D eigenvalue weighted by molar-refractivity contribution is -0.139. The number of nitrogens with zero attached hydrogens (tertiary/aromatic N) is 2. The van der Waals surface area contributed by atoms with Crippen LogP contribution in [0, 0.1) is 0 Å². The molecule has 0 saturated carbocycles. The minimum absolute atomic E-state index is 0.0370. The Hall–Kier alpha value is -2.60. The molecule has 6 nitrogen and oxygen atoms in total. The summed E-state index contributed by atoms with van der Waals surface area (Å²) < 4.78 is 0. The van der Waals surface area contributed by atoms with Gasteiger partial charge in [-0.3, -0.25) is 14.5 Å². The molecule has 0 radical (unpaired) electrons. The van der Waals surface area contributed by atoms with Crippen molar-refractivity contribution < 1.29 is 9.59 Å². The molecule has 1 aromatic heterocycles. The van der Waals surface area contributed by atoms with Gasteiger partial charge in [0.1, 0.15) is 0 Å². The number of benzene rings is 1. The van der Waals surface area contributed by atoms with Crippen LogP contribution in [0.1, 0.15) is 31.5 Å². The molecule has 6 heteroatoms. The summed E-state index contributed by atoms with van der Waals surface area (Å²) in [5, 5.41) is 4.17. The van der Waals surface area contributed by atoms with Crippen LogP contribution in [0.15, 0.2) is 35.9 Å². The number of aromatic nitrogens is 1. The van der Waals surface area contributed by atoms with E-state index in [-0.39, 0.29) is 24.3 Å². The number of carbonyl (C=O) groups excluding carboxylic acids is 2. The quantitative estimate of drug-likeness (QED) is 0.799. The first-order valence-electron chi connectivity index (χ1n) is 10.0. The number of allylic oxidation sites excluding steroid dienone is 1. The Labute approximate surface area is 165 Å². The molecule has 0 unspecified atom stereocenters. The van der Waals surface area contributed by atoms with Gasteiger partial charge in [0.2, 0.25) is 11.8 Å². The van der Waals surface area contributed by atoms with Crippen molar-refractivity contribution in [1.82, 2.24) is 20.1 Å². The summed E-state index contributed by atoms with van der Waals surface area (Å²) in [7, 11) is 0. The third-order valence-corrected chi connectivity index (χ3v) is 5.78. The fourth-order valence-electron chi connectivity index (χ4n) is 4.20. The molecular weight excluding hydrogens is 352 g/mol. The van der Waals surface area contributed by atoms with Crippen LogP contribution < -0.4 is 5.32 Å². The van der Waals surface area contributed by atoms with E-state index in [2.05, 4.69) is 53.3 Å². The molecule has 0 bridgehead atoms. The van der Waals surface area contributed by atoms with Crippen molar-refractivity contribution in [2.24, 2.45) is 0 Å². The van der Waals surface area contributed by atoms with Crippen LogP contribution in [0.4, 0.5) is 0 Å². The van der Waals surface area contributed by atoms with E-state index in [0.717, 1.165) is 24.2 Å². The fourth-order valence-corrected chi connectivity index (χ4v) is 4.20. The molecule has 2 aromatic rings. The molecule has 0 spiro atoms. The van der Waals surface area contributed by atoms with Crippen LogP contribution in [0.3, 0.4) is 0 Å². The molecule has 0 aliphatic carbocycles. The van der Waals surface area contributed by atoms with Gasteiger partial charge in [-0.1, -0.05) is 29.8 Å². The molecule has 1 saturated heterocycles. The second-order valence-corrected chi connectivity index (χ2v) is 7.98. The zero-order valence-corrected chi connectivity index (χ0v) is 16.6. The highest BCUT2D eigenvalue weighted by atomic mass is 16.2. The molecule has 2 aliphatic heterocycles. The summed E-state index contributed by atoms with van der Waals surface area (Å²) in [6.45, 7) is 7.52. The molecule has 1 atom stereocenters. The molecule has 4 rings (SSSR count). The number of H-pyrrole nitrogens is 1. The number of piperazine rings is 1. The molecule has 3 heterocycles. The van der Waals surface area contributed by atoms with E-state index in [0.29, 0.717) is 26.2 Å². The van der Waals surface area contributed by atoms with E-state index in [4.69, 9.17) is 0 Å². The van der Waals surface area contributed by atoms with Crippen LogP contribution in [0.25, 0.3) is 10.9 Å². The SMILES string of the molecule is CC(C)=CCN1CCNC(=O)[C@@H]1CC(=O)N1CCc2c([nH]c3ccccc23)C1. The number of rotatable bonds is 4. The summed E-state index contributed by atoms with van der Waals surface area (Å²) in [5.74, 6) is 0.0126. The van der Waals surface area contributed by atoms with Crippen molar-refractivity contribution in [3.8, 4) is 0 Å². The predicted octanol–water partition coefficient (Wildman–Crippen LogP) is 2.21. The molecule has 2 N–H and O–H groups in total. The van der Waals surface area contributed by atoms with Gasteiger partial charge in [-0.15, -0.1) is 0 Å². The van der Waals surface area contributed by atoms with Crippen LogP contribution in [-0.2, 0) is 22.6 Å². The number of carbonyl (C=O) groups is 2. The molecule has 2 aliphatic rings. The minimum Gasteiger partial charge on any atom is -0.357 e. The highest BCUT2D eigenvalue weighted by molar-refractivity contribution is 5.89. The maximum Gasteiger partial charge on any atom is 0.237 e. The van der Waals surface area contributed by atoms with Gasteiger partial charge in [0.25, 0.3) is 0 Å². The van der Waals surface area contributed by atoms with Crippen LogP contribution in [0.5, 0.6) is 0 Å². The fraction of sp³-hybridized carbons (Fsp3) is 0.455. The third kappa shape index (κ3) is 3.69. The smallest absolute Gasteiger partial charge is 0.237 e. The first-order chi connectivity index (χ1) is 13.5. The van der Waals surface area contributed by atoms with Crippen molar-refractivity contribution in [1.29, 1.82) is 0 Å². The lowest BCUT2D eigenvalue weighted by Gasteiger charge is -2.36. The molecular formula is C22H28N4O2. The van der Waals surface area contributed by atoms with Crippen molar-refractivity contribution >= 4 is 22.7 Å². The monoisotopic (exact) mass is 380 g/mol. The number of fused-ring (bicyclic) bond motifs is 3. The molecule has 148 valence electrons. The van der Waals surface area contributed by atoms with Gasteiger partial charge in [-0.05, 0) is 31.9 Å².